The molecule has 0 unspecified atom stereocenters. The SMILES string of the molecule is COc1ccc(C(=O)N2CCN(c3ccc(C)cc3C)CC2)cc1F. The molecule has 1 heterocycles. The molecule has 2 aromatic carbocycles. The van der Waals surface area contributed by atoms with Gasteiger partial charge in [-0.25, -0.2) is 4.39 Å². The van der Waals surface area contributed by atoms with Crippen molar-refractivity contribution in [1.82, 2.24) is 4.90 Å². The van der Waals surface area contributed by atoms with Crippen molar-refractivity contribution in [3.05, 3.63) is 58.9 Å². The third-order valence-electron chi connectivity index (χ3n) is 4.66. The van der Waals surface area contributed by atoms with Crippen molar-refractivity contribution in [2.75, 3.05) is 38.2 Å². The summed E-state index contributed by atoms with van der Waals surface area (Å²) in [5.41, 5.74) is 4.07. The van der Waals surface area contributed by atoms with Gasteiger partial charge in [-0.15, -0.1) is 0 Å². The van der Waals surface area contributed by atoms with Crippen LogP contribution in [0.5, 0.6) is 5.75 Å². The van der Waals surface area contributed by atoms with Crippen LogP contribution in [0.2, 0.25) is 0 Å². The van der Waals surface area contributed by atoms with Gasteiger partial charge in [0.1, 0.15) is 0 Å². The van der Waals surface area contributed by atoms with Gasteiger partial charge in [-0.05, 0) is 43.7 Å². The Morgan fingerprint density at radius 1 is 1.04 bits per heavy atom. The van der Waals surface area contributed by atoms with Gasteiger partial charge in [0.2, 0.25) is 0 Å². The molecule has 5 heteroatoms. The topological polar surface area (TPSA) is 32.8 Å². The number of ether oxygens (including phenoxy) is 1. The van der Waals surface area contributed by atoms with Crippen LogP contribution in [0.15, 0.2) is 36.4 Å². The lowest BCUT2D eigenvalue weighted by Gasteiger charge is -2.37. The van der Waals surface area contributed by atoms with Crippen molar-refractivity contribution in [3.8, 4) is 5.75 Å². The van der Waals surface area contributed by atoms with Gasteiger partial charge in [-0.3, -0.25) is 4.79 Å². The molecule has 0 saturated carbocycles. The maximum absolute atomic E-state index is 13.8. The number of nitrogens with zero attached hydrogens (tertiary/aromatic N) is 2. The molecule has 3 rings (SSSR count). The van der Waals surface area contributed by atoms with E-state index in [0.29, 0.717) is 18.7 Å². The fourth-order valence-electron chi connectivity index (χ4n) is 3.29. The van der Waals surface area contributed by atoms with Gasteiger partial charge in [-0.2, -0.15) is 0 Å². The lowest BCUT2D eigenvalue weighted by Crippen LogP contribution is -2.49. The Bertz CT molecular complexity index is 783. The Morgan fingerprint density at radius 2 is 1.76 bits per heavy atom. The number of carbonyl (C=O) groups is 1. The van der Waals surface area contributed by atoms with E-state index in [-0.39, 0.29) is 11.7 Å². The van der Waals surface area contributed by atoms with Crippen LogP contribution in [0.25, 0.3) is 0 Å². The van der Waals surface area contributed by atoms with Crippen molar-refractivity contribution in [1.29, 1.82) is 0 Å². The number of hydrogen-bond donors (Lipinski definition) is 0. The van der Waals surface area contributed by atoms with Gasteiger partial charge in [0.25, 0.3) is 5.91 Å². The zero-order valence-electron chi connectivity index (χ0n) is 14.9. The smallest absolute Gasteiger partial charge is 0.254 e. The Kier molecular flexibility index (Phi) is 4.93. The molecule has 25 heavy (non-hydrogen) atoms. The fourth-order valence-corrected chi connectivity index (χ4v) is 3.29. The zero-order chi connectivity index (χ0) is 18.0. The largest absolute Gasteiger partial charge is 0.494 e. The standard InChI is InChI=1S/C20H23FN2O2/c1-14-4-6-18(15(2)12-14)22-8-10-23(11-9-22)20(24)16-5-7-19(25-3)17(21)13-16/h4-7,12-13H,8-11H2,1-3H3. The van der Waals surface area contributed by atoms with E-state index in [9.17, 15) is 9.18 Å². The zero-order valence-corrected chi connectivity index (χ0v) is 14.9. The monoisotopic (exact) mass is 342 g/mol. The number of halogens is 1. The minimum atomic E-state index is -0.512. The Balaban J connectivity index is 1.67. The lowest BCUT2D eigenvalue weighted by atomic mass is 10.1. The molecule has 132 valence electrons. The van der Waals surface area contributed by atoms with Crippen LogP contribution < -0.4 is 9.64 Å². The minimum Gasteiger partial charge on any atom is -0.494 e. The average molecular weight is 342 g/mol. The number of hydrogen-bond acceptors (Lipinski definition) is 3. The normalized spacial score (nSPS) is 14.6. The number of amides is 1. The quantitative estimate of drug-likeness (QED) is 0.857. The highest BCUT2D eigenvalue weighted by atomic mass is 19.1. The number of methoxy groups -OCH3 is 1. The van der Waals surface area contributed by atoms with Gasteiger partial charge >= 0.3 is 0 Å². The molecule has 2 aromatic rings. The number of benzene rings is 2. The minimum absolute atomic E-state index is 0.137. The summed E-state index contributed by atoms with van der Waals surface area (Å²) in [6.07, 6.45) is 0. The van der Waals surface area contributed by atoms with Crippen LogP contribution >= 0.6 is 0 Å². The van der Waals surface area contributed by atoms with E-state index < -0.39 is 5.82 Å². The molecule has 0 radical (unpaired) electrons. The van der Waals surface area contributed by atoms with Crippen LogP contribution in [0.4, 0.5) is 10.1 Å². The highest BCUT2D eigenvalue weighted by Crippen LogP contribution is 2.23. The Hall–Kier alpha value is -2.56. The first-order valence-electron chi connectivity index (χ1n) is 8.44. The van der Waals surface area contributed by atoms with Crippen molar-refractivity contribution >= 4 is 11.6 Å². The van der Waals surface area contributed by atoms with E-state index in [0.717, 1.165) is 13.1 Å². The van der Waals surface area contributed by atoms with Crippen LogP contribution in [0.1, 0.15) is 21.5 Å². The molecule has 0 aliphatic carbocycles. The van der Waals surface area contributed by atoms with Gasteiger partial charge in [0.05, 0.1) is 7.11 Å². The third kappa shape index (κ3) is 3.60. The van der Waals surface area contributed by atoms with Crippen LogP contribution in [-0.4, -0.2) is 44.1 Å². The number of carbonyl (C=O) groups excluding carboxylic acids is 1. The summed E-state index contributed by atoms with van der Waals surface area (Å²) < 4.78 is 18.7. The molecule has 4 nitrogen and oxygen atoms in total. The summed E-state index contributed by atoms with van der Waals surface area (Å²) in [5, 5.41) is 0. The van der Waals surface area contributed by atoms with Crippen LogP contribution in [-0.2, 0) is 0 Å². The van der Waals surface area contributed by atoms with Crippen LogP contribution in [0, 0.1) is 19.7 Å². The molecule has 1 aliphatic rings. The van der Waals surface area contributed by atoms with Crippen molar-refractivity contribution in [2.24, 2.45) is 0 Å². The summed E-state index contributed by atoms with van der Waals surface area (Å²) in [6, 6.07) is 10.8. The molecule has 0 atom stereocenters. The summed E-state index contributed by atoms with van der Waals surface area (Å²) in [6.45, 7) is 6.99. The molecule has 1 fully saturated rings. The van der Waals surface area contributed by atoms with E-state index >= 15 is 0 Å². The predicted octanol–water partition coefficient (Wildman–Crippen LogP) is 3.41. The molecule has 0 spiro atoms. The highest BCUT2D eigenvalue weighted by molar-refractivity contribution is 5.94. The predicted molar refractivity (Wildman–Crippen MR) is 97.0 cm³/mol. The summed E-state index contributed by atoms with van der Waals surface area (Å²) in [4.78, 5) is 16.7. The first kappa shape index (κ1) is 17.3. The number of aryl methyl sites for hydroxylation is 2. The van der Waals surface area contributed by atoms with E-state index in [1.54, 1.807) is 11.0 Å². The second-order valence-electron chi connectivity index (χ2n) is 6.42. The third-order valence-corrected chi connectivity index (χ3v) is 4.66. The van der Waals surface area contributed by atoms with Gasteiger partial charge in [0.15, 0.2) is 11.6 Å². The van der Waals surface area contributed by atoms with Crippen LogP contribution in [0.3, 0.4) is 0 Å². The van der Waals surface area contributed by atoms with E-state index in [1.807, 2.05) is 0 Å². The average Bonchev–Trinajstić information content (AvgIpc) is 2.61. The maximum atomic E-state index is 13.8. The fraction of sp³-hybridized carbons (Fsp3) is 0.350. The van der Waals surface area contributed by atoms with E-state index in [4.69, 9.17) is 4.74 Å². The van der Waals surface area contributed by atoms with Gasteiger partial charge < -0.3 is 14.5 Å². The second kappa shape index (κ2) is 7.13. The van der Waals surface area contributed by atoms with Gasteiger partial charge in [0, 0.05) is 37.4 Å². The highest BCUT2D eigenvalue weighted by Gasteiger charge is 2.23. The van der Waals surface area contributed by atoms with Gasteiger partial charge in [-0.1, -0.05) is 17.7 Å². The molecule has 1 aliphatic heterocycles. The second-order valence-corrected chi connectivity index (χ2v) is 6.42. The Morgan fingerprint density at radius 3 is 2.36 bits per heavy atom. The maximum Gasteiger partial charge on any atom is 0.254 e. The molecular formula is C20H23FN2O2. The summed E-state index contributed by atoms with van der Waals surface area (Å²) in [7, 11) is 1.41. The molecule has 0 bridgehead atoms. The molecule has 1 amide bonds. The Labute approximate surface area is 147 Å². The number of rotatable bonds is 3. The summed E-state index contributed by atoms with van der Waals surface area (Å²) >= 11 is 0. The van der Waals surface area contributed by atoms with Crippen molar-refractivity contribution < 1.29 is 13.9 Å². The molecule has 1 saturated heterocycles. The molecule has 0 aromatic heterocycles. The number of anilines is 1. The summed E-state index contributed by atoms with van der Waals surface area (Å²) in [5.74, 6) is -0.500. The van der Waals surface area contributed by atoms with Crippen molar-refractivity contribution in [2.45, 2.75) is 13.8 Å². The molecular weight excluding hydrogens is 319 g/mol. The van der Waals surface area contributed by atoms with E-state index in [1.165, 1.54) is 36.1 Å². The number of piperazine rings is 1. The van der Waals surface area contributed by atoms with Crippen molar-refractivity contribution in [3.63, 3.8) is 0 Å². The molecule has 0 N–H and O–H groups in total. The first-order valence-corrected chi connectivity index (χ1v) is 8.44. The lowest BCUT2D eigenvalue weighted by molar-refractivity contribution is 0.0746. The first-order chi connectivity index (χ1) is 12.0. The van der Waals surface area contributed by atoms with E-state index in [2.05, 4.69) is 36.9 Å².